The van der Waals surface area contributed by atoms with Gasteiger partial charge in [-0.05, 0) is 37.3 Å². The fraction of sp³-hybridized carbons (Fsp3) is 0.350. The van der Waals surface area contributed by atoms with Crippen LogP contribution in [-0.4, -0.2) is 63.1 Å². The smallest absolute Gasteiger partial charge is 0.273 e. The average molecular weight is 465 g/mol. The lowest BCUT2D eigenvalue weighted by molar-refractivity contribution is -0.385. The summed E-state index contributed by atoms with van der Waals surface area (Å²) < 4.78 is 42.6. The zero-order valence-electron chi connectivity index (χ0n) is 17.5. The van der Waals surface area contributed by atoms with Gasteiger partial charge < -0.3 is 19.5 Å². The van der Waals surface area contributed by atoms with Crippen molar-refractivity contribution < 1.29 is 32.3 Å². The van der Waals surface area contributed by atoms with E-state index in [0.717, 1.165) is 0 Å². The van der Waals surface area contributed by atoms with Crippen molar-refractivity contribution in [1.82, 2.24) is 4.31 Å². The number of benzene rings is 2. The topological polar surface area (TPSA) is 137 Å². The third-order valence-corrected chi connectivity index (χ3v) is 6.67. The molecule has 0 radical (unpaired) electrons. The molecular weight excluding hydrogens is 442 g/mol. The average Bonchev–Trinajstić information content (AvgIpc) is 2.79. The van der Waals surface area contributed by atoms with Crippen molar-refractivity contribution in [3.8, 4) is 11.5 Å². The molecule has 1 aliphatic rings. The molecule has 1 amide bonds. The number of carbonyl (C=O) groups is 1. The van der Waals surface area contributed by atoms with Gasteiger partial charge >= 0.3 is 0 Å². The third kappa shape index (κ3) is 5.33. The predicted octanol–water partition coefficient (Wildman–Crippen LogP) is 2.03. The van der Waals surface area contributed by atoms with E-state index in [1.54, 1.807) is 0 Å². The second kappa shape index (κ2) is 9.94. The van der Waals surface area contributed by atoms with Gasteiger partial charge in [0, 0.05) is 24.8 Å². The van der Waals surface area contributed by atoms with Crippen LogP contribution in [0.2, 0.25) is 0 Å². The van der Waals surface area contributed by atoms with E-state index in [1.807, 2.05) is 0 Å². The quantitative estimate of drug-likeness (QED) is 0.462. The van der Waals surface area contributed by atoms with Gasteiger partial charge in [0.1, 0.15) is 0 Å². The highest BCUT2D eigenvalue weighted by Crippen LogP contribution is 2.32. The number of rotatable bonds is 8. The van der Waals surface area contributed by atoms with Crippen LogP contribution in [0.1, 0.15) is 6.92 Å². The van der Waals surface area contributed by atoms with E-state index in [9.17, 15) is 23.3 Å². The van der Waals surface area contributed by atoms with Crippen molar-refractivity contribution in [3.63, 3.8) is 0 Å². The van der Waals surface area contributed by atoms with Crippen LogP contribution in [0.3, 0.4) is 0 Å². The molecule has 11 nitrogen and oxygen atoms in total. The van der Waals surface area contributed by atoms with Crippen molar-refractivity contribution in [3.05, 3.63) is 52.6 Å². The molecule has 1 saturated heterocycles. The number of morpholine rings is 1. The highest BCUT2D eigenvalue weighted by atomic mass is 32.2. The first-order chi connectivity index (χ1) is 15.2. The van der Waals surface area contributed by atoms with Crippen LogP contribution in [-0.2, 0) is 19.6 Å². The maximum absolute atomic E-state index is 12.7. The molecule has 1 N–H and O–H groups in total. The Labute approximate surface area is 185 Å². The Hall–Kier alpha value is -3.22. The van der Waals surface area contributed by atoms with E-state index in [4.69, 9.17) is 14.2 Å². The lowest BCUT2D eigenvalue weighted by Gasteiger charge is -2.26. The number of ether oxygens (including phenoxy) is 3. The zero-order chi connectivity index (χ0) is 23.3. The largest absolute Gasteiger partial charge is 0.493 e. The molecule has 1 aliphatic heterocycles. The summed E-state index contributed by atoms with van der Waals surface area (Å²) in [7, 11) is -2.26. The minimum atomic E-state index is -3.64. The van der Waals surface area contributed by atoms with Gasteiger partial charge in [0.25, 0.3) is 11.6 Å². The van der Waals surface area contributed by atoms with E-state index in [1.165, 1.54) is 60.8 Å². The number of non-ortho nitro benzene ring substituents is 1. The number of methoxy groups -OCH3 is 1. The van der Waals surface area contributed by atoms with Gasteiger partial charge in [-0.2, -0.15) is 4.31 Å². The molecule has 0 spiro atoms. The van der Waals surface area contributed by atoms with Gasteiger partial charge in [0.2, 0.25) is 10.0 Å². The Morgan fingerprint density at radius 1 is 1.16 bits per heavy atom. The highest BCUT2D eigenvalue weighted by molar-refractivity contribution is 7.89. The summed E-state index contributed by atoms with van der Waals surface area (Å²) in [4.78, 5) is 23.0. The molecule has 1 unspecified atom stereocenters. The fourth-order valence-corrected chi connectivity index (χ4v) is 4.41. The molecule has 0 saturated carbocycles. The monoisotopic (exact) mass is 465 g/mol. The normalized spacial score (nSPS) is 15.6. The Kier molecular flexibility index (Phi) is 7.28. The van der Waals surface area contributed by atoms with Gasteiger partial charge in [-0.3, -0.25) is 14.9 Å². The molecule has 32 heavy (non-hydrogen) atoms. The van der Waals surface area contributed by atoms with Crippen LogP contribution < -0.4 is 14.8 Å². The minimum absolute atomic E-state index is 0.0521. The molecule has 3 rings (SSSR count). The van der Waals surface area contributed by atoms with Crippen LogP contribution in [0.4, 0.5) is 11.4 Å². The van der Waals surface area contributed by atoms with Crippen LogP contribution in [0.5, 0.6) is 11.5 Å². The first-order valence-corrected chi connectivity index (χ1v) is 11.1. The maximum Gasteiger partial charge on any atom is 0.273 e. The first-order valence-electron chi connectivity index (χ1n) is 9.70. The number of nitrogens with one attached hydrogen (secondary N) is 1. The standard InChI is InChI=1S/C20H23N3O8S/c1-14(31-19-13-16(23(25)26)5-8-18(19)29-2)20(24)21-15-3-6-17(7-4-15)32(27,28)22-9-11-30-12-10-22/h3-8,13-14H,9-12H2,1-2H3,(H,21,24). The van der Waals surface area contributed by atoms with Crippen molar-refractivity contribution in [2.24, 2.45) is 0 Å². The number of anilines is 1. The number of hydrogen-bond donors (Lipinski definition) is 1. The molecular formula is C20H23N3O8S. The number of amides is 1. The van der Waals surface area contributed by atoms with E-state index in [-0.39, 0.29) is 35.2 Å². The molecule has 1 heterocycles. The van der Waals surface area contributed by atoms with Gasteiger partial charge in [-0.15, -0.1) is 0 Å². The Morgan fingerprint density at radius 3 is 2.41 bits per heavy atom. The second-order valence-electron chi connectivity index (χ2n) is 6.88. The van der Waals surface area contributed by atoms with E-state index < -0.39 is 27.0 Å². The summed E-state index contributed by atoms with van der Waals surface area (Å²) in [6, 6.07) is 9.60. The zero-order valence-corrected chi connectivity index (χ0v) is 18.3. The summed E-state index contributed by atoms with van der Waals surface area (Å²) in [5, 5.41) is 13.6. The summed E-state index contributed by atoms with van der Waals surface area (Å²) in [6.45, 7) is 2.75. The number of sulfonamides is 1. The Morgan fingerprint density at radius 2 is 1.81 bits per heavy atom. The first kappa shape index (κ1) is 23.4. The molecule has 172 valence electrons. The minimum Gasteiger partial charge on any atom is -0.493 e. The van der Waals surface area contributed by atoms with Crippen LogP contribution in [0.15, 0.2) is 47.4 Å². The van der Waals surface area contributed by atoms with E-state index in [2.05, 4.69) is 5.32 Å². The van der Waals surface area contributed by atoms with Crippen molar-refractivity contribution in [2.75, 3.05) is 38.7 Å². The van der Waals surface area contributed by atoms with Crippen LogP contribution in [0, 0.1) is 10.1 Å². The summed E-state index contributed by atoms with van der Waals surface area (Å²) in [6.07, 6.45) is -1.01. The number of nitro benzene ring substituents is 1. The lowest BCUT2D eigenvalue weighted by Crippen LogP contribution is -2.40. The number of carbonyl (C=O) groups excluding carboxylic acids is 1. The number of nitro groups is 1. The van der Waals surface area contributed by atoms with Crippen molar-refractivity contribution in [1.29, 1.82) is 0 Å². The molecule has 0 aliphatic carbocycles. The molecule has 12 heteroatoms. The second-order valence-corrected chi connectivity index (χ2v) is 8.82. The summed E-state index contributed by atoms with van der Waals surface area (Å²) >= 11 is 0. The van der Waals surface area contributed by atoms with Crippen LogP contribution in [0.25, 0.3) is 0 Å². The lowest BCUT2D eigenvalue weighted by atomic mass is 10.2. The molecule has 2 aromatic carbocycles. The maximum atomic E-state index is 12.7. The third-order valence-electron chi connectivity index (χ3n) is 4.76. The Bertz CT molecular complexity index is 1080. The molecule has 2 aromatic rings. The summed E-state index contributed by atoms with van der Waals surface area (Å²) in [5.41, 5.74) is 0.169. The van der Waals surface area contributed by atoms with E-state index >= 15 is 0 Å². The number of nitrogens with zero attached hydrogens (tertiary/aromatic N) is 2. The van der Waals surface area contributed by atoms with Crippen LogP contribution >= 0.6 is 0 Å². The molecule has 0 aromatic heterocycles. The van der Waals surface area contributed by atoms with Crippen molar-refractivity contribution >= 4 is 27.3 Å². The predicted molar refractivity (Wildman–Crippen MR) is 114 cm³/mol. The fourth-order valence-electron chi connectivity index (χ4n) is 3.01. The van der Waals surface area contributed by atoms with Gasteiger partial charge in [0.05, 0.1) is 36.2 Å². The van der Waals surface area contributed by atoms with Gasteiger partial charge in [-0.1, -0.05) is 0 Å². The molecule has 1 atom stereocenters. The number of hydrogen-bond acceptors (Lipinski definition) is 8. The highest BCUT2D eigenvalue weighted by Gasteiger charge is 2.26. The molecule has 1 fully saturated rings. The molecule has 0 bridgehead atoms. The van der Waals surface area contributed by atoms with Gasteiger partial charge in [0.15, 0.2) is 17.6 Å². The Balaban J connectivity index is 1.67. The summed E-state index contributed by atoms with van der Waals surface area (Å²) in [5.74, 6) is -0.230. The van der Waals surface area contributed by atoms with Crippen molar-refractivity contribution in [2.45, 2.75) is 17.9 Å². The van der Waals surface area contributed by atoms with Gasteiger partial charge in [-0.25, -0.2) is 8.42 Å². The van der Waals surface area contributed by atoms with E-state index in [0.29, 0.717) is 18.9 Å². The SMILES string of the molecule is COc1ccc([N+](=O)[O-])cc1OC(C)C(=O)Nc1ccc(S(=O)(=O)N2CCOCC2)cc1.